The van der Waals surface area contributed by atoms with Gasteiger partial charge in [-0.2, -0.15) is 5.10 Å². The zero-order valence-corrected chi connectivity index (χ0v) is 18.6. The molecule has 0 bridgehead atoms. The standard InChI is InChI=1S/C24H26N4O5/c1-3-25-22(29)15-33-18-8-6-17(7-9-18)26-24(30)19-14-28(2)27-23(19)16-5-10-20-21(13-16)32-12-4-11-31-20/h5-10,13-14H,3-4,11-12,15H2,1-2H3,(H,25,29)(H,26,30). The molecular formula is C24H26N4O5. The van der Waals surface area contributed by atoms with Crippen molar-refractivity contribution < 1.29 is 23.8 Å². The van der Waals surface area contributed by atoms with Crippen LogP contribution in [0.2, 0.25) is 0 Å². The first-order valence-corrected chi connectivity index (χ1v) is 10.8. The molecular weight excluding hydrogens is 424 g/mol. The van der Waals surface area contributed by atoms with E-state index in [9.17, 15) is 9.59 Å². The number of ether oxygens (including phenoxy) is 3. The number of aryl methyl sites for hydroxylation is 1. The number of nitrogens with one attached hydrogen (secondary N) is 2. The summed E-state index contributed by atoms with van der Waals surface area (Å²) >= 11 is 0. The van der Waals surface area contributed by atoms with E-state index in [0.717, 1.165) is 12.0 Å². The molecule has 9 nitrogen and oxygen atoms in total. The van der Waals surface area contributed by atoms with E-state index in [2.05, 4.69) is 15.7 Å². The molecule has 2 aromatic carbocycles. The highest BCUT2D eigenvalue weighted by molar-refractivity contribution is 6.08. The van der Waals surface area contributed by atoms with Gasteiger partial charge in [-0.05, 0) is 49.4 Å². The number of likely N-dealkylation sites (N-methyl/N-ethyl adjacent to an activating group) is 1. The van der Waals surface area contributed by atoms with E-state index in [0.29, 0.717) is 54.0 Å². The second-order valence-corrected chi connectivity index (χ2v) is 7.50. The summed E-state index contributed by atoms with van der Waals surface area (Å²) in [4.78, 5) is 24.5. The van der Waals surface area contributed by atoms with Gasteiger partial charge in [-0.15, -0.1) is 0 Å². The Balaban J connectivity index is 1.48. The Bertz CT molecular complexity index is 1140. The highest BCUT2D eigenvalue weighted by atomic mass is 16.5. The normalized spacial score (nSPS) is 12.5. The van der Waals surface area contributed by atoms with Gasteiger partial charge in [-0.3, -0.25) is 14.3 Å². The van der Waals surface area contributed by atoms with Gasteiger partial charge in [0.1, 0.15) is 11.4 Å². The monoisotopic (exact) mass is 450 g/mol. The molecule has 0 spiro atoms. The third-order valence-electron chi connectivity index (χ3n) is 4.95. The van der Waals surface area contributed by atoms with Crippen LogP contribution in [0.15, 0.2) is 48.7 Å². The van der Waals surface area contributed by atoms with E-state index < -0.39 is 0 Å². The molecule has 0 fully saturated rings. The number of rotatable bonds is 7. The second-order valence-electron chi connectivity index (χ2n) is 7.50. The summed E-state index contributed by atoms with van der Waals surface area (Å²) in [6, 6.07) is 12.4. The summed E-state index contributed by atoms with van der Waals surface area (Å²) in [5.41, 5.74) is 2.34. The van der Waals surface area contributed by atoms with Crippen molar-refractivity contribution >= 4 is 17.5 Å². The summed E-state index contributed by atoms with van der Waals surface area (Å²) in [7, 11) is 1.77. The Hall–Kier alpha value is -4.01. The SMILES string of the molecule is CCNC(=O)COc1ccc(NC(=O)c2cn(C)nc2-c2ccc3c(c2)OCCCO3)cc1. The van der Waals surface area contributed by atoms with Crippen molar-refractivity contribution in [1.29, 1.82) is 0 Å². The van der Waals surface area contributed by atoms with Gasteiger partial charge in [-0.25, -0.2) is 0 Å². The first-order chi connectivity index (χ1) is 16.0. The lowest BCUT2D eigenvalue weighted by atomic mass is 10.1. The van der Waals surface area contributed by atoms with Gasteiger partial charge in [0.05, 0.1) is 18.8 Å². The molecule has 0 saturated heterocycles. The summed E-state index contributed by atoms with van der Waals surface area (Å²) in [5, 5.41) is 10.0. The maximum Gasteiger partial charge on any atom is 0.259 e. The Labute approximate surface area is 191 Å². The zero-order chi connectivity index (χ0) is 23.2. The van der Waals surface area contributed by atoms with Crippen LogP contribution in [0.25, 0.3) is 11.3 Å². The van der Waals surface area contributed by atoms with Crippen LogP contribution in [0.3, 0.4) is 0 Å². The number of carbonyl (C=O) groups is 2. The summed E-state index contributed by atoms with van der Waals surface area (Å²) in [6.07, 6.45) is 2.49. The molecule has 2 N–H and O–H groups in total. The van der Waals surface area contributed by atoms with Gasteiger partial charge in [0.2, 0.25) is 0 Å². The molecule has 0 saturated carbocycles. The molecule has 2 amide bonds. The fourth-order valence-corrected chi connectivity index (χ4v) is 3.41. The van der Waals surface area contributed by atoms with Gasteiger partial charge in [0.25, 0.3) is 11.8 Å². The van der Waals surface area contributed by atoms with Gasteiger partial charge in [0, 0.05) is 37.5 Å². The molecule has 33 heavy (non-hydrogen) atoms. The van der Waals surface area contributed by atoms with Gasteiger partial charge < -0.3 is 24.8 Å². The summed E-state index contributed by atoms with van der Waals surface area (Å²) < 4.78 is 18.5. The van der Waals surface area contributed by atoms with Crippen molar-refractivity contribution in [3.05, 3.63) is 54.2 Å². The molecule has 4 rings (SSSR count). The largest absolute Gasteiger partial charge is 0.490 e. The maximum atomic E-state index is 13.0. The highest BCUT2D eigenvalue weighted by Crippen LogP contribution is 2.35. The molecule has 0 aliphatic carbocycles. The average molecular weight is 450 g/mol. The molecule has 1 aliphatic heterocycles. The lowest BCUT2D eigenvalue weighted by Crippen LogP contribution is -2.28. The summed E-state index contributed by atoms with van der Waals surface area (Å²) in [6.45, 7) is 3.52. The zero-order valence-electron chi connectivity index (χ0n) is 18.6. The molecule has 0 unspecified atom stereocenters. The Morgan fingerprint density at radius 1 is 1.09 bits per heavy atom. The van der Waals surface area contributed by atoms with Crippen LogP contribution >= 0.6 is 0 Å². The molecule has 0 radical (unpaired) electrons. The van der Waals surface area contributed by atoms with E-state index in [1.54, 1.807) is 42.2 Å². The van der Waals surface area contributed by atoms with Crippen LogP contribution in [0.1, 0.15) is 23.7 Å². The minimum absolute atomic E-state index is 0.0614. The van der Waals surface area contributed by atoms with Crippen molar-refractivity contribution in [2.45, 2.75) is 13.3 Å². The molecule has 9 heteroatoms. The second kappa shape index (κ2) is 10.1. The van der Waals surface area contributed by atoms with Crippen LogP contribution in [0.5, 0.6) is 17.2 Å². The molecule has 1 aromatic heterocycles. The van der Waals surface area contributed by atoms with Gasteiger partial charge in [0.15, 0.2) is 18.1 Å². The Morgan fingerprint density at radius 3 is 2.61 bits per heavy atom. The Morgan fingerprint density at radius 2 is 1.85 bits per heavy atom. The smallest absolute Gasteiger partial charge is 0.259 e. The molecule has 172 valence electrons. The van der Waals surface area contributed by atoms with E-state index in [1.807, 2.05) is 25.1 Å². The number of amides is 2. The number of aromatic nitrogens is 2. The average Bonchev–Trinajstić information content (AvgIpc) is 3.05. The van der Waals surface area contributed by atoms with Gasteiger partial charge in [-0.1, -0.05) is 0 Å². The quantitative estimate of drug-likeness (QED) is 0.574. The highest BCUT2D eigenvalue weighted by Gasteiger charge is 2.20. The van der Waals surface area contributed by atoms with Crippen LogP contribution < -0.4 is 24.8 Å². The molecule has 2 heterocycles. The van der Waals surface area contributed by atoms with Crippen molar-refractivity contribution in [2.24, 2.45) is 7.05 Å². The first kappa shape index (κ1) is 22.2. The number of hydrogen-bond donors (Lipinski definition) is 2. The maximum absolute atomic E-state index is 13.0. The fraction of sp³-hybridized carbons (Fsp3) is 0.292. The third-order valence-corrected chi connectivity index (χ3v) is 4.95. The lowest BCUT2D eigenvalue weighted by Gasteiger charge is -2.10. The van der Waals surface area contributed by atoms with E-state index in [4.69, 9.17) is 14.2 Å². The van der Waals surface area contributed by atoms with E-state index in [1.165, 1.54) is 0 Å². The number of benzene rings is 2. The van der Waals surface area contributed by atoms with E-state index in [-0.39, 0.29) is 18.4 Å². The number of fused-ring (bicyclic) bond motifs is 1. The first-order valence-electron chi connectivity index (χ1n) is 10.8. The number of nitrogens with zero attached hydrogens (tertiary/aromatic N) is 2. The predicted octanol–water partition coefficient (Wildman–Crippen LogP) is 3.02. The number of carbonyl (C=O) groups excluding carboxylic acids is 2. The van der Waals surface area contributed by atoms with Crippen molar-refractivity contribution in [1.82, 2.24) is 15.1 Å². The summed E-state index contributed by atoms with van der Waals surface area (Å²) in [5.74, 6) is 1.39. The topological polar surface area (TPSA) is 104 Å². The predicted molar refractivity (Wildman–Crippen MR) is 123 cm³/mol. The third kappa shape index (κ3) is 5.43. The molecule has 0 atom stereocenters. The fourth-order valence-electron chi connectivity index (χ4n) is 3.41. The lowest BCUT2D eigenvalue weighted by molar-refractivity contribution is -0.122. The van der Waals surface area contributed by atoms with Crippen LogP contribution in [0.4, 0.5) is 5.69 Å². The van der Waals surface area contributed by atoms with Crippen LogP contribution in [0, 0.1) is 0 Å². The van der Waals surface area contributed by atoms with Crippen LogP contribution in [-0.4, -0.2) is 48.0 Å². The van der Waals surface area contributed by atoms with Crippen molar-refractivity contribution in [3.63, 3.8) is 0 Å². The Kier molecular flexibility index (Phi) is 6.77. The number of hydrogen-bond acceptors (Lipinski definition) is 6. The van der Waals surface area contributed by atoms with Crippen molar-refractivity contribution in [3.8, 4) is 28.5 Å². The molecule has 3 aromatic rings. The van der Waals surface area contributed by atoms with Crippen LogP contribution in [-0.2, 0) is 11.8 Å². The molecule has 1 aliphatic rings. The van der Waals surface area contributed by atoms with Crippen molar-refractivity contribution in [2.75, 3.05) is 31.7 Å². The minimum atomic E-state index is -0.291. The minimum Gasteiger partial charge on any atom is -0.490 e. The number of anilines is 1. The van der Waals surface area contributed by atoms with Gasteiger partial charge >= 0.3 is 0 Å². The van der Waals surface area contributed by atoms with E-state index >= 15 is 0 Å².